The number of morpholine rings is 1. The average molecular weight is 219 g/mol. The zero-order valence-corrected chi connectivity index (χ0v) is 9.53. The van der Waals surface area contributed by atoms with Gasteiger partial charge in [0.25, 0.3) is 0 Å². The molecule has 1 aliphatic carbocycles. The van der Waals surface area contributed by atoms with Crippen molar-refractivity contribution in [3.05, 3.63) is 29.3 Å². The van der Waals surface area contributed by atoms with Crippen LogP contribution in [0.1, 0.15) is 11.1 Å². The van der Waals surface area contributed by atoms with Gasteiger partial charge in [0.2, 0.25) is 0 Å². The second-order valence-corrected chi connectivity index (χ2v) is 4.48. The van der Waals surface area contributed by atoms with E-state index in [0.29, 0.717) is 12.1 Å². The summed E-state index contributed by atoms with van der Waals surface area (Å²) in [6.45, 7) is 1.80. The van der Waals surface area contributed by atoms with E-state index < -0.39 is 0 Å². The van der Waals surface area contributed by atoms with E-state index in [-0.39, 0.29) is 0 Å². The minimum atomic E-state index is 0.317. The van der Waals surface area contributed by atoms with Crippen molar-refractivity contribution in [1.82, 2.24) is 5.32 Å². The second-order valence-electron chi connectivity index (χ2n) is 4.48. The Bertz CT molecular complexity index is 392. The molecule has 0 saturated carbocycles. The molecule has 1 aromatic rings. The first-order valence-corrected chi connectivity index (χ1v) is 5.88. The van der Waals surface area contributed by atoms with Crippen LogP contribution in [0.15, 0.2) is 18.2 Å². The molecule has 0 radical (unpaired) electrons. The van der Waals surface area contributed by atoms with E-state index in [1.807, 2.05) is 6.07 Å². The van der Waals surface area contributed by atoms with Crippen LogP contribution in [0.3, 0.4) is 0 Å². The van der Waals surface area contributed by atoms with Crippen molar-refractivity contribution < 1.29 is 9.47 Å². The van der Waals surface area contributed by atoms with Gasteiger partial charge in [-0.25, -0.2) is 0 Å². The third-order valence-electron chi connectivity index (χ3n) is 3.58. The van der Waals surface area contributed by atoms with Crippen molar-refractivity contribution >= 4 is 0 Å². The Morgan fingerprint density at radius 3 is 3.19 bits per heavy atom. The van der Waals surface area contributed by atoms with E-state index in [4.69, 9.17) is 9.47 Å². The lowest BCUT2D eigenvalue weighted by Gasteiger charge is -2.37. The number of hydrogen-bond acceptors (Lipinski definition) is 3. The van der Waals surface area contributed by atoms with Crippen LogP contribution in [0.2, 0.25) is 0 Å². The number of ether oxygens (including phenoxy) is 2. The number of hydrogen-bond donors (Lipinski definition) is 1. The molecule has 0 bridgehead atoms. The van der Waals surface area contributed by atoms with Gasteiger partial charge in [0.05, 0.1) is 19.8 Å². The largest absolute Gasteiger partial charge is 0.496 e. The zero-order chi connectivity index (χ0) is 11.0. The molecule has 0 aromatic heterocycles. The SMILES string of the molecule is COc1cccc2c1C[C@@H]1OCCNC1C2. The predicted molar refractivity (Wildman–Crippen MR) is 61.9 cm³/mol. The lowest BCUT2D eigenvalue weighted by atomic mass is 9.85. The van der Waals surface area contributed by atoms with Gasteiger partial charge >= 0.3 is 0 Å². The molecule has 86 valence electrons. The molecular weight excluding hydrogens is 202 g/mol. The summed E-state index contributed by atoms with van der Waals surface area (Å²) in [5.41, 5.74) is 2.73. The van der Waals surface area contributed by atoms with Crippen molar-refractivity contribution in [2.24, 2.45) is 0 Å². The smallest absolute Gasteiger partial charge is 0.122 e. The van der Waals surface area contributed by atoms with Crippen LogP contribution in [-0.4, -0.2) is 32.4 Å². The van der Waals surface area contributed by atoms with E-state index in [1.54, 1.807) is 7.11 Å². The van der Waals surface area contributed by atoms with Crippen LogP contribution in [0.4, 0.5) is 0 Å². The first kappa shape index (κ1) is 10.1. The van der Waals surface area contributed by atoms with Gasteiger partial charge in [0.15, 0.2) is 0 Å². The fraction of sp³-hybridized carbons (Fsp3) is 0.538. The lowest BCUT2D eigenvalue weighted by Crippen LogP contribution is -2.52. The predicted octanol–water partition coefficient (Wildman–Crippen LogP) is 1.15. The van der Waals surface area contributed by atoms with Crippen LogP contribution in [-0.2, 0) is 17.6 Å². The Kier molecular flexibility index (Phi) is 2.58. The summed E-state index contributed by atoms with van der Waals surface area (Å²) in [4.78, 5) is 0. The molecule has 1 aromatic carbocycles. The van der Waals surface area contributed by atoms with Gasteiger partial charge in [0.1, 0.15) is 5.75 Å². The van der Waals surface area contributed by atoms with E-state index in [2.05, 4.69) is 17.4 Å². The Morgan fingerprint density at radius 1 is 1.38 bits per heavy atom. The standard InChI is InChI=1S/C13H17NO2/c1-15-12-4-2-3-9-7-11-13(8-10(9)12)16-6-5-14-11/h2-4,11,13-14H,5-8H2,1H3/t11?,13-/m0/s1. The normalized spacial score (nSPS) is 28.1. The minimum absolute atomic E-state index is 0.317. The molecule has 1 saturated heterocycles. The molecule has 1 aliphatic heterocycles. The van der Waals surface area contributed by atoms with Gasteiger partial charge in [-0.3, -0.25) is 0 Å². The van der Waals surface area contributed by atoms with Crippen LogP contribution < -0.4 is 10.1 Å². The van der Waals surface area contributed by atoms with Crippen LogP contribution in [0, 0.1) is 0 Å². The maximum atomic E-state index is 5.82. The molecule has 1 unspecified atom stereocenters. The van der Waals surface area contributed by atoms with Gasteiger partial charge in [-0.05, 0) is 23.6 Å². The summed E-state index contributed by atoms with van der Waals surface area (Å²) in [6, 6.07) is 6.79. The molecule has 2 aliphatic rings. The maximum absolute atomic E-state index is 5.82. The number of nitrogens with one attached hydrogen (secondary N) is 1. The van der Waals surface area contributed by atoms with Gasteiger partial charge < -0.3 is 14.8 Å². The third-order valence-corrected chi connectivity index (χ3v) is 3.58. The summed E-state index contributed by atoms with van der Waals surface area (Å²) in [5.74, 6) is 1.00. The number of benzene rings is 1. The molecule has 3 heteroatoms. The molecule has 2 atom stereocenters. The Balaban J connectivity index is 1.95. The summed E-state index contributed by atoms with van der Waals surface area (Å²) >= 11 is 0. The molecule has 3 rings (SSSR count). The van der Waals surface area contributed by atoms with Crippen LogP contribution in [0.5, 0.6) is 5.75 Å². The Hall–Kier alpha value is -1.06. The summed E-state index contributed by atoms with van der Waals surface area (Å²) in [5, 5.41) is 3.53. The maximum Gasteiger partial charge on any atom is 0.122 e. The second kappa shape index (κ2) is 4.07. The molecule has 0 spiro atoms. The number of fused-ring (bicyclic) bond motifs is 2. The van der Waals surface area contributed by atoms with E-state index >= 15 is 0 Å². The van der Waals surface area contributed by atoms with Crippen molar-refractivity contribution in [3.63, 3.8) is 0 Å². The molecule has 1 fully saturated rings. The van der Waals surface area contributed by atoms with E-state index in [0.717, 1.165) is 31.7 Å². The Labute approximate surface area is 95.8 Å². The van der Waals surface area contributed by atoms with Crippen molar-refractivity contribution in [1.29, 1.82) is 0 Å². The molecule has 0 amide bonds. The summed E-state index contributed by atoms with van der Waals surface area (Å²) < 4.78 is 11.2. The van der Waals surface area contributed by atoms with Crippen molar-refractivity contribution in [3.8, 4) is 5.75 Å². The fourth-order valence-corrected chi connectivity index (χ4v) is 2.77. The first-order chi connectivity index (χ1) is 7.88. The molecular formula is C13H17NO2. The monoisotopic (exact) mass is 219 g/mol. The molecule has 16 heavy (non-hydrogen) atoms. The highest BCUT2D eigenvalue weighted by Crippen LogP contribution is 2.31. The summed E-state index contributed by atoms with van der Waals surface area (Å²) in [6.07, 6.45) is 2.34. The van der Waals surface area contributed by atoms with Gasteiger partial charge in [-0.2, -0.15) is 0 Å². The fourth-order valence-electron chi connectivity index (χ4n) is 2.77. The van der Waals surface area contributed by atoms with Gasteiger partial charge in [-0.1, -0.05) is 12.1 Å². The quantitative estimate of drug-likeness (QED) is 0.768. The number of rotatable bonds is 1. The van der Waals surface area contributed by atoms with Crippen molar-refractivity contribution in [2.45, 2.75) is 25.0 Å². The number of methoxy groups -OCH3 is 1. The highest BCUT2D eigenvalue weighted by Gasteiger charge is 2.32. The zero-order valence-electron chi connectivity index (χ0n) is 9.53. The van der Waals surface area contributed by atoms with E-state index in [9.17, 15) is 0 Å². The topological polar surface area (TPSA) is 30.5 Å². The molecule has 3 nitrogen and oxygen atoms in total. The third kappa shape index (κ3) is 1.60. The highest BCUT2D eigenvalue weighted by atomic mass is 16.5. The average Bonchev–Trinajstić information content (AvgIpc) is 2.35. The molecule has 1 heterocycles. The van der Waals surface area contributed by atoms with E-state index in [1.165, 1.54) is 11.1 Å². The van der Waals surface area contributed by atoms with Gasteiger partial charge in [-0.15, -0.1) is 0 Å². The molecule has 1 N–H and O–H groups in total. The van der Waals surface area contributed by atoms with Crippen molar-refractivity contribution in [2.75, 3.05) is 20.3 Å². The van der Waals surface area contributed by atoms with Crippen LogP contribution in [0.25, 0.3) is 0 Å². The first-order valence-electron chi connectivity index (χ1n) is 5.88. The Morgan fingerprint density at radius 2 is 2.31 bits per heavy atom. The lowest BCUT2D eigenvalue weighted by molar-refractivity contribution is -0.00773. The van der Waals surface area contributed by atoms with Crippen LogP contribution >= 0.6 is 0 Å². The highest BCUT2D eigenvalue weighted by molar-refractivity contribution is 5.43. The van der Waals surface area contributed by atoms with Gasteiger partial charge in [0, 0.05) is 19.0 Å². The minimum Gasteiger partial charge on any atom is -0.496 e. The summed E-state index contributed by atoms with van der Waals surface area (Å²) in [7, 11) is 1.74.